The third-order valence-electron chi connectivity index (χ3n) is 16.1. The highest BCUT2D eigenvalue weighted by molar-refractivity contribution is 6.13. The van der Waals surface area contributed by atoms with E-state index in [1.54, 1.807) is 0 Å². The van der Waals surface area contributed by atoms with Gasteiger partial charge in [0.1, 0.15) is 0 Å². The highest BCUT2D eigenvalue weighted by Crippen LogP contribution is 2.40. The summed E-state index contributed by atoms with van der Waals surface area (Å²) in [6, 6.07) is 104. The van der Waals surface area contributed by atoms with Gasteiger partial charge < -0.3 is 13.7 Å². The van der Waals surface area contributed by atoms with Crippen molar-refractivity contribution in [1.29, 1.82) is 0 Å². The van der Waals surface area contributed by atoms with E-state index in [0.717, 1.165) is 83.7 Å². The van der Waals surface area contributed by atoms with Crippen molar-refractivity contribution >= 4 is 65.4 Å². The van der Waals surface area contributed by atoms with Crippen LogP contribution in [0, 0.1) is 0 Å². The van der Waals surface area contributed by atoms with Crippen molar-refractivity contribution < 1.29 is 0 Å². The minimum atomic E-state index is 0.597. The SMILES string of the molecule is c1ccc(-n2c3ccccc3c3cc(-c4cccc(-c5nc(-c6cccc(-c7ccc8c(c7)c7ccccc7n8-c7ccccc7)c6)nc(-c6cccc(-c7ccc8c(c7)c7ccccc7n8-c7ccccc7)c6)n5)c4)ccc32)cc1. The van der Waals surface area contributed by atoms with Gasteiger partial charge in [0.25, 0.3) is 0 Å². The molecule has 0 saturated heterocycles. The fraction of sp³-hybridized carbons (Fsp3) is 0. The summed E-state index contributed by atoms with van der Waals surface area (Å²) in [6.07, 6.45) is 0. The summed E-state index contributed by atoms with van der Waals surface area (Å²) < 4.78 is 7.07. The van der Waals surface area contributed by atoms with Crippen molar-refractivity contribution in [3.8, 4) is 84.6 Å². The lowest BCUT2D eigenvalue weighted by atomic mass is 9.99. The number of aromatic nitrogens is 6. The van der Waals surface area contributed by atoms with Crippen molar-refractivity contribution in [1.82, 2.24) is 28.7 Å². The van der Waals surface area contributed by atoms with Crippen molar-refractivity contribution in [2.45, 2.75) is 0 Å². The minimum absolute atomic E-state index is 0.597. The van der Waals surface area contributed by atoms with Crippen LogP contribution in [0.25, 0.3) is 150 Å². The van der Waals surface area contributed by atoms with Gasteiger partial charge in [-0.05, 0) is 143 Å². The van der Waals surface area contributed by atoms with E-state index in [4.69, 9.17) is 15.0 Å². The van der Waals surface area contributed by atoms with Crippen molar-refractivity contribution in [2.24, 2.45) is 0 Å². The monoisotopic (exact) mass is 1030 g/mol. The van der Waals surface area contributed by atoms with Crippen LogP contribution in [0.1, 0.15) is 0 Å². The molecule has 0 fully saturated rings. The summed E-state index contributed by atoms with van der Waals surface area (Å²) in [4.78, 5) is 16.1. The second kappa shape index (κ2) is 18.9. The maximum absolute atomic E-state index is 5.36. The summed E-state index contributed by atoms with van der Waals surface area (Å²) in [5.41, 5.74) is 19.7. The molecule has 0 aliphatic rings. The van der Waals surface area contributed by atoms with Crippen LogP contribution >= 0.6 is 0 Å². The van der Waals surface area contributed by atoms with Crippen LogP contribution in [0.3, 0.4) is 0 Å². The fourth-order valence-corrected chi connectivity index (χ4v) is 12.3. The molecule has 0 saturated carbocycles. The first-order valence-electron chi connectivity index (χ1n) is 27.5. The van der Waals surface area contributed by atoms with Crippen LogP contribution in [0.15, 0.2) is 291 Å². The molecular formula is C75H48N6. The van der Waals surface area contributed by atoms with Gasteiger partial charge in [0.05, 0.1) is 33.1 Å². The lowest BCUT2D eigenvalue weighted by molar-refractivity contribution is 1.07. The molecule has 0 bridgehead atoms. The maximum Gasteiger partial charge on any atom is 0.164 e. The molecule has 4 aromatic heterocycles. The van der Waals surface area contributed by atoms with Crippen LogP contribution < -0.4 is 0 Å². The standard InChI is InChI=1S/C75H48N6/c1-4-25-58(26-5-1)79-67-34-13-10-31-61(67)64-46-52(37-40-70(64)79)49-19-16-22-55(43-49)73-76-74(56-23-17-20-50(44-56)53-38-41-71-65(47-53)62-32-11-14-35-68(62)80(71)59-27-6-2-7-28-59)78-75(77-73)57-24-18-21-51(45-57)54-39-42-72-66(48-54)63-33-12-15-36-69(63)81(72)60-29-8-3-9-30-60/h1-48H. The number of para-hydroxylation sites is 6. The molecular weight excluding hydrogens is 985 g/mol. The average Bonchev–Trinajstić information content (AvgIpc) is 4.41. The van der Waals surface area contributed by atoms with E-state index in [2.05, 4.69) is 305 Å². The van der Waals surface area contributed by atoms with Crippen LogP contribution in [0.5, 0.6) is 0 Å². The fourth-order valence-electron chi connectivity index (χ4n) is 12.3. The van der Waals surface area contributed by atoms with Gasteiger partial charge in [-0.15, -0.1) is 0 Å². The topological polar surface area (TPSA) is 53.5 Å². The zero-order valence-corrected chi connectivity index (χ0v) is 43.9. The van der Waals surface area contributed by atoms with Gasteiger partial charge in [-0.3, -0.25) is 0 Å². The first kappa shape index (κ1) is 46.2. The third-order valence-corrected chi connectivity index (χ3v) is 16.1. The summed E-state index contributed by atoms with van der Waals surface area (Å²) in [5.74, 6) is 1.79. The molecule has 0 spiro atoms. The summed E-state index contributed by atoms with van der Waals surface area (Å²) in [7, 11) is 0. The third kappa shape index (κ3) is 7.83. The molecule has 0 atom stereocenters. The Kier molecular flexibility index (Phi) is 10.8. The number of rotatable bonds is 9. The van der Waals surface area contributed by atoms with Gasteiger partial charge in [0.2, 0.25) is 0 Å². The Bertz CT molecular complexity index is 4590. The Morgan fingerprint density at radius 3 is 0.728 bits per heavy atom. The van der Waals surface area contributed by atoms with Crippen molar-refractivity contribution in [2.75, 3.05) is 0 Å². The Balaban J connectivity index is 0.830. The van der Waals surface area contributed by atoms with Gasteiger partial charge in [0.15, 0.2) is 17.5 Å². The van der Waals surface area contributed by atoms with Gasteiger partial charge >= 0.3 is 0 Å². The molecule has 378 valence electrons. The normalized spacial score (nSPS) is 11.7. The second-order valence-electron chi connectivity index (χ2n) is 20.8. The van der Waals surface area contributed by atoms with Crippen LogP contribution in [-0.2, 0) is 0 Å². The van der Waals surface area contributed by atoms with E-state index in [1.165, 1.54) is 48.9 Å². The van der Waals surface area contributed by atoms with E-state index in [0.29, 0.717) is 17.5 Å². The van der Waals surface area contributed by atoms with Crippen LogP contribution in [-0.4, -0.2) is 28.7 Å². The van der Waals surface area contributed by atoms with Gasteiger partial charge in [-0.1, -0.05) is 182 Å². The molecule has 0 unspecified atom stereocenters. The number of hydrogen-bond donors (Lipinski definition) is 0. The molecule has 81 heavy (non-hydrogen) atoms. The summed E-state index contributed by atoms with van der Waals surface area (Å²) >= 11 is 0. The first-order chi connectivity index (χ1) is 40.1. The number of fused-ring (bicyclic) bond motifs is 9. The Morgan fingerprint density at radius 1 is 0.173 bits per heavy atom. The molecule has 0 aliphatic carbocycles. The van der Waals surface area contributed by atoms with Crippen molar-refractivity contribution in [3.63, 3.8) is 0 Å². The molecule has 4 heterocycles. The second-order valence-corrected chi connectivity index (χ2v) is 20.8. The summed E-state index contributed by atoms with van der Waals surface area (Å²) in [6.45, 7) is 0. The first-order valence-corrected chi connectivity index (χ1v) is 27.5. The predicted molar refractivity (Wildman–Crippen MR) is 335 cm³/mol. The molecule has 16 aromatic rings. The maximum atomic E-state index is 5.36. The summed E-state index contributed by atoms with van der Waals surface area (Å²) in [5, 5.41) is 7.23. The zero-order chi connectivity index (χ0) is 53.4. The molecule has 6 heteroatoms. The molecule has 0 aliphatic heterocycles. The quantitative estimate of drug-likeness (QED) is 0.145. The lowest BCUT2D eigenvalue weighted by Gasteiger charge is -2.12. The Labute approximate surface area is 467 Å². The number of benzene rings is 12. The van der Waals surface area contributed by atoms with Crippen LogP contribution in [0.4, 0.5) is 0 Å². The molecule has 12 aromatic carbocycles. The zero-order valence-electron chi connectivity index (χ0n) is 43.9. The van der Waals surface area contributed by atoms with E-state index in [-0.39, 0.29) is 0 Å². The predicted octanol–water partition coefficient (Wildman–Crippen LogP) is 19.2. The highest BCUT2D eigenvalue weighted by Gasteiger charge is 2.19. The van der Waals surface area contributed by atoms with Crippen molar-refractivity contribution in [3.05, 3.63) is 291 Å². The van der Waals surface area contributed by atoms with Crippen LogP contribution in [0.2, 0.25) is 0 Å². The molecule has 0 radical (unpaired) electrons. The Hall–Kier alpha value is -11.0. The Morgan fingerprint density at radius 2 is 0.420 bits per heavy atom. The lowest BCUT2D eigenvalue weighted by Crippen LogP contribution is -2.00. The van der Waals surface area contributed by atoms with Gasteiger partial charge in [0, 0.05) is 66.1 Å². The highest BCUT2D eigenvalue weighted by atomic mass is 15.0. The largest absolute Gasteiger partial charge is 0.309 e. The number of nitrogens with zero attached hydrogens (tertiary/aromatic N) is 6. The molecule has 16 rings (SSSR count). The smallest absolute Gasteiger partial charge is 0.164 e. The molecule has 0 N–H and O–H groups in total. The van der Waals surface area contributed by atoms with E-state index in [9.17, 15) is 0 Å². The molecule has 6 nitrogen and oxygen atoms in total. The minimum Gasteiger partial charge on any atom is -0.309 e. The van der Waals surface area contributed by atoms with E-state index >= 15 is 0 Å². The average molecular weight is 1030 g/mol. The number of hydrogen-bond acceptors (Lipinski definition) is 3. The van der Waals surface area contributed by atoms with E-state index in [1.807, 2.05) is 0 Å². The van der Waals surface area contributed by atoms with E-state index < -0.39 is 0 Å². The van der Waals surface area contributed by atoms with Gasteiger partial charge in [-0.25, -0.2) is 15.0 Å². The molecule has 0 amide bonds. The van der Waals surface area contributed by atoms with Gasteiger partial charge in [-0.2, -0.15) is 0 Å².